The molecule has 0 saturated heterocycles. The Morgan fingerprint density at radius 3 is 2.35 bits per heavy atom. The van der Waals surface area contributed by atoms with Crippen LogP contribution in [0.2, 0.25) is 0 Å². The number of hydrogen-bond acceptors (Lipinski definition) is 3. The van der Waals surface area contributed by atoms with Gasteiger partial charge in [0.1, 0.15) is 24.1 Å². The molecule has 104 valence electrons. The van der Waals surface area contributed by atoms with Gasteiger partial charge < -0.3 is 9.47 Å². The van der Waals surface area contributed by atoms with E-state index in [4.69, 9.17) is 9.47 Å². The number of halogens is 1. The third-order valence-electron chi connectivity index (χ3n) is 2.92. The summed E-state index contributed by atoms with van der Waals surface area (Å²) in [5, 5.41) is 0. The lowest BCUT2D eigenvalue weighted by molar-refractivity contribution is -0.143. The maximum atomic E-state index is 12.9. The first-order chi connectivity index (χ1) is 9.70. The largest absolute Gasteiger partial charge is 0.492 e. The van der Waals surface area contributed by atoms with Gasteiger partial charge in [0.2, 0.25) is 0 Å². The highest BCUT2D eigenvalue weighted by atomic mass is 19.1. The first kappa shape index (κ1) is 14.1. The van der Waals surface area contributed by atoms with Crippen LogP contribution >= 0.6 is 0 Å². The molecule has 0 radical (unpaired) electrons. The van der Waals surface area contributed by atoms with Crippen molar-refractivity contribution < 1.29 is 18.7 Å². The second-order valence-corrected chi connectivity index (χ2v) is 4.25. The van der Waals surface area contributed by atoms with Crippen molar-refractivity contribution in [3.8, 4) is 5.75 Å². The molecule has 0 fully saturated rings. The number of esters is 1. The molecule has 2 aromatic rings. The van der Waals surface area contributed by atoms with E-state index in [0.717, 1.165) is 0 Å². The van der Waals surface area contributed by atoms with E-state index in [2.05, 4.69) is 0 Å². The summed E-state index contributed by atoms with van der Waals surface area (Å²) in [5.41, 5.74) is 0.661. The third kappa shape index (κ3) is 3.57. The van der Waals surface area contributed by atoms with Crippen molar-refractivity contribution in [2.75, 3.05) is 13.7 Å². The van der Waals surface area contributed by atoms with Gasteiger partial charge in [-0.25, -0.2) is 4.39 Å². The second kappa shape index (κ2) is 6.70. The van der Waals surface area contributed by atoms with E-state index in [0.29, 0.717) is 11.3 Å². The van der Waals surface area contributed by atoms with Crippen molar-refractivity contribution >= 4 is 5.97 Å². The van der Waals surface area contributed by atoms with Crippen LogP contribution < -0.4 is 4.74 Å². The van der Waals surface area contributed by atoms with E-state index in [9.17, 15) is 9.18 Å². The molecule has 0 aliphatic carbocycles. The van der Waals surface area contributed by atoms with Crippen LogP contribution in [-0.2, 0) is 9.53 Å². The van der Waals surface area contributed by atoms with E-state index in [-0.39, 0.29) is 12.4 Å². The minimum absolute atomic E-state index is 0.141. The standard InChI is InChI=1S/C16H15FO3/c1-19-16(18)15(12-7-9-13(17)10-8-12)11-20-14-5-3-2-4-6-14/h2-10,15H,11H2,1H3. The number of carbonyl (C=O) groups is 1. The second-order valence-electron chi connectivity index (χ2n) is 4.25. The zero-order valence-corrected chi connectivity index (χ0v) is 11.1. The minimum Gasteiger partial charge on any atom is -0.492 e. The summed E-state index contributed by atoms with van der Waals surface area (Å²) < 4.78 is 23.3. The monoisotopic (exact) mass is 274 g/mol. The molecule has 4 heteroatoms. The average Bonchev–Trinajstić information content (AvgIpc) is 2.50. The van der Waals surface area contributed by atoms with Gasteiger partial charge >= 0.3 is 5.97 Å². The van der Waals surface area contributed by atoms with E-state index >= 15 is 0 Å². The highest BCUT2D eigenvalue weighted by Crippen LogP contribution is 2.20. The molecule has 2 rings (SSSR count). The molecule has 1 unspecified atom stereocenters. The number of rotatable bonds is 5. The molecule has 0 N–H and O–H groups in total. The molecule has 20 heavy (non-hydrogen) atoms. The molecule has 0 saturated carbocycles. The van der Waals surface area contributed by atoms with Crippen molar-refractivity contribution in [3.63, 3.8) is 0 Å². The molecule has 2 aromatic carbocycles. The van der Waals surface area contributed by atoms with Gasteiger partial charge in [0.25, 0.3) is 0 Å². The van der Waals surface area contributed by atoms with Crippen LogP contribution in [0.15, 0.2) is 54.6 Å². The van der Waals surface area contributed by atoms with Crippen LogP contribution in [0, 0.1) is 5.82 Å². The molecule has 0 aromatic heterocycles. The van der Waals surface area contributed by atoms with Gasteiger partial charge in [0.15, 0.2) is 0 Å². The van der Waals surface area contributed by atoms with Gasteiger partial charge in [-0.1, -0.05) is 30.3 Å². The third-order valence-corrected chi connectivity index (χ3v) is 2.92. The number of carbonyl (C=O) groups excluding carboxylic acids is 1. The predicted octanol–water partition coefficient (Wildman–Crippen LogP) is 3.16. The highest BCUT2D eigenvalue weighted by molar-refractivity contribution is 5.78. The smallest absolute Gasteiger partial charge is 0.316 e. The van der Waals surface area contributed by atoms with Gasteiger partial charge in [0, 0.05) is 0 Å². The lowest BCUT2D eigenvalue weighted by Crippen LogP contribution is -2.21. The lowest BCUT2D eigenvalue weighted by atomic mass is 10.0. The van der Waals surface area contributed by atoms with Gasteiger partial charge in [-0.05, 0) is 29.8 Å². The summed E-state index contributed by atoms with van der Waals surface area (Å²) in [6.45, 7) is 0.141. The number of ether oxygens (including phenoxy) is 2. The molecule has 0 spiro atoms. The molecule has 0 bridgehead atoms. The summed E-state index contributed by atoms with van der Waals surface area (Å²) in [6.07, 6.45) is 0. The number of hydrogen-bond donors (Lipinski definition) is 0. The Hall–Kier alpha value is -2.36. The van der Waals surface area contributed by atoms with Crippen molar-refractivity contribution in [1.82, 2.24) is 0 Å². The highest BCUT2D eigenvalue weighted by Gasteiger charge is 2.22. The van der Waals surface area contributed by atoms with E-state index in [1.54, 1.807) is 24.3 Å². The minimum atomic E-state index is -0.583. The van der Waals surface area contributed by atoms with Gasteiger partial charge in [-0.2, -0.15) is 0 Å². The molecule has 0 aliphatic rings. The van der Waals surface area contributed by atoms with Crippen molar-refractivity contribution in [3.05, 3.63) is 66.0 Å². The summed E-state index contributed by atoms with van der Waals surface area (Å²) in [5.74, 6) is -0.668. The van der Waals surface area contributed by atoms with Crippen molar-refractivity contribution in [2.45, 2.75) is 5.92 Å². The van der Waals surface area contributed by atoms with Crippen LogP contribution in [0.25, 0.3) is 0 Å². The number of benzene rings is 2. The quantitative estimate of drug-likeness (QED) is 0.786. The zero-order chi connectivity index (χ0) is 14.4. The SMILES string of the molecule is COC(=O)C(COc1ccccc1)c1ccc(F)cc1. The molecule has 0 aliphatic heterocycles. The van der Waals surface area contributed by atoms with Crippen LogP contribution in [0.1, 0.15) is 11.5 Å². The first-order valence-electron chi connectivity index (χ1n) is 6.22. The number of methoxy groups -OCH3 is 1. The van der Waals surface area contributed by atoms with E-state index < -0.39 is 11.9 Å². The molecule has 3 nitrogen and oxygen atoms in total. The van der Waals surface area contributed by atoms with Gasteiger partial charge in [-0.3, -0.25) is 4.79 Å². The topological polar surface area (TPSA) is 35.5 Å². The van der Waals surface area contributed by atoms with Gasteiger partial charge in [-0.15, -0.1) is 0 Å². The molecular weight excluding hydrogens is 259 g/mol. The van der Waals surface area contributed by atoms with Crippen molar-refractivity contribution in [1.29, 1.82) is 0 Å². The van der Waals surface area contributed by atoms with E-state index in [1.165, 1.54) is 19.2 Å². The fourth-order valence-electron chi connectivity index (χ4n) is 1.83. The van der Waals surface area contributed by atoms with Crippen molar-refractivity contribution in [2.24, 2.45) is 0 Å². The summed E-state index contributed by atoms with van der Waals surface area (Å²) in [7, 11) is 1.32. The first-order valence-corrected chi connectivity index (χ1v) is 6.22. The fraction of sp³-hybridized carbons (Fsp3) is 0.188. The van der Waals surface area contributed by atoms with Crippen LogP contribution in [0.4, 0.5) is 4.39 Å². The van der Waals surface area contributed by atoms with Crippen LogP contribution in [0.3, 0.4) is 0 Å². The molecule has 1 atom stereocenters. The summed E-state index contributed by atoms with van der Waals surface area (Å²) in [4.78, 5) is 11.8. The maximum Gasteiger partial charge on any atom is 0.316 e. The maximum absolute atomic E-state index is 12.9. The Bertz CT molecular complexity index is 552. The van der Waals surface area contributed by atoms with E-state index in [1.807, 2.05) is 18.2 Å². The van der Waals surface area contributed by atoms with Crippen LogP contribution in [-0.4, -0.2) is 19.7 Å². The Balaban J connectivity index is 2.12. The Morgan fingerprint density at radius 2 is 1.75 bits per heavy atom. The summed E-state index contributed by atoms with van der Waals surface area (Å²) >= 11 is 0. The van der Waals surface area contributed by atoms with Gasteiger partial charge in [0.05, 0.1) is 7.11 Å². The Kier molecular flexibility index (Phi) is 4.71. The Morgan fingerprint density at radius 1 is 1.10 bits per heavy atom. The van der Waals surface area contributed by atoms with Crippen LogP contribution in [0.5, 0.6) is 5.75 Å². The lowest BCUT2D eigenvalue weighted by Gasteiger charge is -2.16. The average molecular weight is 274 g/mol. The Labute approximate surface area is 117 Å². The zero-order valence-electron chi connectivity index (χ0n) is 11.1. The molecule has 0 heterocycles. The fourth-order valence-corrected chi connectivity index (χ4v) is 1.83. The molecular formula is C16H15FO3. The normalized spacial score (nSPS) is 11.7. The predicted molar refractivity (Wildman–Crippen MR) is 73.1 cm³/mol. The molecule has 0 amide bonds. The summed E-state index contributed by atoms with van der Waals surface area (Å²) in [6, 6.07) is 14.9. The number of para-hydroxylation sites is 1.